The summed E-state index contributed by atoms with van der Waals surface area (Å²) in [5, 5.41) is 3.04. The van der Waals surface area contributed by atoms with E-state index in [9.17, 15) is 4.79 Å². The molecule has 1 atom stereocenters. The van der Waals surface area contributed by atoms with Crippen LogP contribution in [0.4, 0.5) is 0 Å². The number of hydrogen-bond donors (Lipinski definition) is 1. The van der Waals surface area contributed by atoms with Gasteiger partial charge in [0.05, 0.1) is 12.4 Å². The zero-order valence-corrected chi connectivity index (χ0v) is 13.5. The lowest BCUT2D eigenvalue weighted by Gasteiger charge is -2.26. The van der Waals surface area contributed by atoms with Crippen molar-refractivity contribution in [3.8, 4) is 0 Å². The van der Waals surface area contributed by atoms with Crippen LogP contribution in [0.1, 0.15) is 23.6 Å². The number of nitrogens with one attached hydrogen (secondary N) is 1. The van der Waals surface area contributed by atoms with Crippen molar-refractivity contribution in [2.75, 3.05) is 20.6 Å². The topological polar surface area (TPSA) is 50.2 Å². The third-order valence-electron chi connectivity index (χ3n) is 3.82. The van der Waals surface area contributed by atoms with Crippen molar-refractivity contribution >= 4 is 5.91 Å². The summed E-state index contributed by atoms with van der Waals surface area (Å²) in [6.07, 6.45) is 5.77. The van der Waals surface area contributed by atoms with E-state index < -0.39 is 0 Å². The molecule has 2 aromatic rings. The van der Waals surface area contributed by atoms with E-state index in [1.807, 2.05) is 37.0 Å². The molecule has 1 heterocycles. The maximum absolute atomic E-state index is 12.0. The number of carbonyl (C=O) groups is 1. The third kappa shape index (κ3) is 4.43. The number of hydrogen-bond acceptors (Lipinski definition) is 3. The standard InChI is InChI=1S/C17H24N4O/c1-14-6-4-5-7-15(14)16(20(2)3)12-19-17(22)8-10-21-11-9-18-13-21/h4-7,9,11,13,16H,8,10,12H2,1-3H3,(H,19,22)/t16-/m1/s1. The first-order valence-corrected chi connectivity index (χ1v) is 7.52. The second kappa shape index (κ2) is 7.75. The van der Waals surface area contributed by atoms with Crippen LogP contribution in [-0.4, -0.2) is 41.0 Å². The quantitative estimate of drug-likeness (QED) is 0.851. The van der Waals surface area contributed by atoms with Crippen LogP contribution in [0.25, 0.3) is 0 Å². The molecule has 1 amide bonds. The van der Waals surface area contributed by atoms with Crippen LogP contribution >= 0.6 is 0 Å². The monoisotopic (exact) mass is 300 g/mol. The van der Waals surface area contributed by atoms with E-state index in [4.69, 9.17) is 0 Å². The van der Waals surface area contributed by atoms with Gasteiger partial charge in [-0.05, 0) is 32.1 Å². The molecule has 2 rings (SSSR count). The summed E-state index contributed by atoms with van der Waals surface area (Å²) in [5.74, 6) is 0.0640. The first-order valence-electron chi connectivity index (χ1n) is 7.52. The van der Waals surface area contributed by atoms with E-state index in [-0.39, 0.29) is 11.9 Å². The Hall–Kier alpha value is -2.14. The van der Waals surface area contributed by atoms with Crippen molar-refractivity contribution in [2.45, 2.75) is 25.9 Å². The molecule has 5 nitrogen and oxygen atoms in total. The van der Waals surface area contributed by atoms with Crippen LogP contribution < -0.4 is 5.32 Å². The summed E-state index contributed by atoms with van der Waals surface area (Å²) >= 11 is 0. The number of benzene rings is 1. The van der Waals surface area contributed by atoms with E-state index in [1.165, 1.54) is 11.1 Å². The van der Waals surface area contributed by atoms with Gasteiger partial charge in [-0.2, -0.15) is 0 Å². The summed E-state index contributed by atoms with van der Waals surface area (Å²) in [4.78, 5) is 18.1. The SMILES string of the molecule is Cc1ccccc1[C@@H](CNC(=O)CCn1ccnc1)N(C)C. The number of amides is 1. The third-order valence-corrected chi connectivity index (χ3v) is 3.82. The fourth-order valence-corrected chi connectivity index (χ4v) is 2.48. The van der Waals surface area contributed by atoms with Gasteiger partial charge < -0.3 is 14.8 Å². The molecular formula is C17H24N4O. The predicted molar refractivity (Wildman–Crippen MR) is 87.5 cm³/mol. The van der Waals surface area contributed by atoms with Gasteiger partial charge >= 0.3 is 0 Å². The Morgan fingerprint density at radius 3 is 2.77 bits per heavy atom. The lowest BCUT2D eigenvalue weighted by molar-refractivity contribution is -0.121. The maximum Gasteiger partial charge on any atom is 0.221 e. The molecule has 0 aliphatic heterocycles. The normalized spacial score (nSPS) is 12.4. The largest absolute Gasteiger partial charge is 0.354 e. The molecule has 0 saturated heterocycles. The van der Waals surface area contributed by atoms with Gasteiger partial charge in [0.2, 0.25) is 5.91 Å². The fourth-order valence-electron chi connectivity index (χ4n) is 2.48. The van der Waals surface area contributed by atoms with E-state index in [1.54, 1.807) is 12.5 Å². The lowest BCUT2D eigenvalue weighted by Crippen LogP contribution is -2.35. The number of rotatable bonds is 7. The maximum atomic E-state index is 12.0. The molecule has 0 aliphatic carbocycles. The predicted octanol–water partition coefficient (Wildman–Crippen LogP) is 2.00. The van der Waals surface area contributed by atoms with Crippen molar-refractivity contribution in [3.63, 3.8) is 0 Å². The van der Waals surface area contributed by atoms with Gasteiger partial charge in [0, 0.05) is 31.9 Å². The zero-order chi connectivity index (χ0) is 15.9. The molecule has 1 aromatic carbocycles. The van der Waals surface area contributed by atoms with E-state index >= 15 is 0 Å². The second-order valence-electron chi connectivity index (χ2n) is 5.69. The van der Waals surface area contributed by atoms with Crippen molar-refractivity contribution in [1.82, 2.24) is 19.8 Å². The number of carbonyl (C=O) groups excluding carboxylic acids is 1. The van der Waals surface area contributed by atoms with Crippen LogP contribution in [0.15, 0.2) is 43.0 Å². The average molecular weight is 300 g/mol. The molecule has 0 unspecified atom stereocenters. The Morgan fingerprint density at radius 2 is 2.14 bits per heavy atom. The Labute approximate surface area is 132 Å². The van der Waals surface area contributed by atoms with Crippen molar-refractivity contribution < 1.29 is 4.79 Å². The number of likely N-dealkylation sites (N-methyl/N-ethyl adjacent to an activating group) is 1. The molecule has 22 heavy (non-hydrogen) atoms. The van der Waals surface area contributed by atoms with Gasteiger partial charge in [-0.25, -0.2) is 4.98 Å². The molecule has 0 radical (unpaired) electrons. The van der Waals surface area contributed by atoms with Crippen LogP contribution in [0.5, 0.6) is 0 Å². The molecule has 118 valence electrons. The Bertz CT molecular complexity index is 592. The molecule has 1 aromatic heterocycles. The summed E-state index contributed by atoms with van der Waals surface area (Å²) in [6.45, 7) is 3.37. The summed E-state index contributed by atoms with van der Waals surface area (Å²) < 4.78 is 1.91. The van der Waals surface area contributed by atoms with Crippen LogP contribution in [0, 0.1) is 6.92 Å². The average Bonchev–Trinajstić information content (AvgIpc) is 3.00. The van der Waals surface area contributed by atoms with Gasteiger partial charge in [0.15, 0.2) is 0 Å². The van der Waals surface area contributed by atoms with E-state index in [0.717, 1.165) is 0 Å². The minimum atomic E-state index is 0.0640. The molecule has 0 saturated carbocycles. The van der Waals surface area contributed by atoms with Gasteiger partial charge in [-0.1, -0.05) is 24.3 Å². The number of imidazole rings is 1. The molecule has 5 heteroatoms. The van der Waals surface area contributed by atoms with Crippen molar-refractivity contribution in [3.05, 3.63) is 54.1 Å². The van der Waals surface area contributed by atoms with Crippen LogP contribution in [-0.2, 0) is 11.3 Å². The smallest absolute Gasteiger partial charge is 0.221 e. The molecule has 0 aliphatic rings. The van der Waals surface area contributed by atoms with Gasteiger partial charge in [-0.3, -0.25) is 4.79 Å². The highest BCUT2D eigenvalue weighted by atomic mass is 16.1. The van der Waals surface area contributed by atoms with Crippen LogP contribution in [0.2, 0.25) is 0 Å². The van der Waals surface area contributed by atoms with Gasteiger partial charge in [0.25, 0.3) is 0 Å². The minimum Gasteiger partial charge on any atom is -0.354 e. The second-order valence-corrected chi connectivity index (χ2v) is 5.69. The van der Waals surface area contributed by atoms with Crippen molar-refractivity contribution in [1.29, 1.82) is 0 Å². The molecular weight excluding hydrogens is 276 g/mol. The van der Waals surface area contributed by atoms with Gasteiger partial charge in [-0.15, -0.1) is 0 Å². The first-order chi connectivity index (χ1) is 10.6. The molecule has 0 fully saturated rings. The Morgan fingerprint density at radius 1 is 1.36 bits per heavy atom. The highest BCUT2D eigenvalue weighted by Gasteiger charge is 2.16. The summed E-state index contributed by atoms with van der Waals surface area (Å²) in [7, 11) is 4.07. The highest BCUT2D eigenvalue weighted by Crippen LogP contribution is 2.20. The lowest BCUT2D eigenvalue weighted by atomic mass is 10.0. The summed E-state index contributed by atoms with van der Waals surface area (Å²) in [6, 6.07) is 8.48. The Kier molecular flexibility index (Phi) is 5.72. The zero-order valence-electron chi connectivity index (χ0n) is 13.5. The molecule has 1 N–H and O–H groups in total. The highest BCUT2D eigenvalue weighted by molar-refractivity contribution is 5.75. The molecule has 0 spiro atoms. The number of aryl methyl sites for hydroxylation is 2. The van der Waals surface area contributed by atoms with Crippen LogP contribution in [0.3, 0.4) is 0 Å². The van der Waals surface area contributed by atoms with Gasteiger partial charge in [0.1, 0.15) is 0 Å². The number of nitrogens with zero attached hydrogens (tertiary/aromatic N) is 3. The fraction of sp³-hybridized carbons (Fsp3) is 0.412. The molecule has 0 bridgehead atoms. The number of aromatic nitrogens is 2. The first kappa shape index (κ1) is 16.2. The Balaban J connectivity index is 1.89. The van der Waals surface area contributed by atoms with E-state index in [2.05, 4.69) is 34.3 Å². The summed E-state index contributed by atoms with van der Waals surface area (Å²) in [5.41, 5.74) is 2.50. The van der Waals surface area contributed by atoms with Crippen molar-refractivity contribution in [2.24, 2.45) is 0 Å². The minimum absolute atomic E-state index is 0.0640. The van der Waals surface area contributed by atoms with E-state index in [0.29, 0.717) is 19.5 Å².